The molecule has 11 heteroatoms. The molecule has 3 aromatic rings. The number of methoxy groups -OCH3 is 1. The molecule has 2 heterocycles. The molecular formula is C20H25F3N5O2P. The predicted molar refractivity (Wildman–Crippen MR) is 118 cm³/mol. The van der Waals surface area contributed by atoms with Gasteiger partial charge in [0.25, 0.3) is 0 Å². The van der Waals surface area contributed by atoms with Crippen molar-refractivity contribution in [1.29, 1.82) is 0 Å². The summed E-state index contributed by atoms with van der Waals surface area (Å²) in [4.78, 5) is 11.1. The molecule has 0 amide bonds. The second kappa shape index (κ2) is 8.42. The fourth-order valence-corrected chi connectivity index (χ4v) is 3.85. The van der Waals surface area contributed by atoms with Crippen LogP contribution >= 0.6 is 7.14 Å². The molecule has 3 N–H and O–H groups in total. The average Bonchev–Trinajstić information content (AvgIpc) is 3.12. The molecule has 0 unspecified atom stereocenters. The molecule has 0 radical (unpaired) electrons. The van der Waals surface area contributed by atoms with Crippen molar-refractivity contribution in [3.05, 3.63) is 30.0 Å². The molecular weight excluding hydrogens is 430 g/mol. The lowest BCUT2D eigenvalue weighted by molar-refractivity contribution is -0.136. The van der Waals surface area contributed by atoms with Crippen molar-refractivity contribution in [2.45, 2.75) is 32.5 Å². The number of H-pyrrole nitrogens is 1. The maximum atomic E-state index is 13.5. The number of benzene rings is 1. The first-order valence-corrected chi connectivity index (χ1v) is 12.3. The molecule has 1 atom stereocenters. The van der Waals surface area contributed by atoms with Crippen LogP contribution in [0.5, 0.6) is 5.75 Å². The highest BCUT2D eigenvalue weighted by Gasteiger charge is 2.35. The van der Waals surface area contributed by atoms with E-state index in [0.29, 0.717) is 23.2 Å². The first-order chi connectivity index (χ1) is 14.4. The minimum absolute atomic E-state index is 0.0535. The Balaban J connectivity index is 2.08. The summed E-state index contributed by atoms with van der Waals surface area (Å²) in [6.45, 7) is 7.09. The summed E-state index contributed by atoms with van der Waals surface area (Å²) in [6, 6.07) is 4.95. The van der Waals surface area contributed by atoms with Gasteiger partial charge < -0.3 is 24.9 Å². The minimum Gasteiger partial charge on any atom is -0.495 e. The van der Waals surface area contributed by atoms with Crippen molar-refractivity contribution >= 4 is 40.9 Å². The Bertz CT molecular complexity index is 1140. The Labute approximate surface area is 178 Å². The van der Waals surface area contributed by atoms with Crippen molar-refractivity contribution in [2.75, 3.05) is 31.1 Å². The van der Waals surface area contributed by atoms with Crippen molar-refractivity contribution in [3.63, 3.8) is 0 Å². The van der Waals surface area contributed by atoms with E-state index in [0.717, 1.165) is 6.20 Å². The molecule has 0 fully saturated rings. The number of alkyl halides is 3. The summed E-state index contributed by atoms with van der Waals surface area (Å²) in [5.41, 5.74) is -0.280. The highest BCUT2D eigenvalue weighted by atomic mass is 31.2. The number of aromatic nitrogens is 3. The average molecular weight is 455 g/mol. The van der Waals surface area contributed by atoms with Gasteiger partial charge in [0.15, 0.2) is 0 Å². The van der Waals surface area contributed by atoms with E-state index < -0.39 is 18.9 Å². The Morgan fingerprint density at radius 1 is 1.26 bits per heavy atom. The number of hydrogen-bond acceptors (Lipinski definition) is 6. The van der Waals surface area contributed by atoms with Crippen LogP contribution in [0.25, 0.3) is 11.0 Å². The summed E-state index contributed by atoms with van der Waals surface area (Å²) in [5, 5.41) is 6.56. The highest BCUT2D eigenvalue weighted by molar-refractivity contribution is 7.70. The van der Waals surface area contributed by atoms with Crippen molar-refractivity contribution in [2.24, 2.45) is 0 Å². The van der Waals surface area contributed by atoms with E-state index in [9.17, 15) is 17.7 Å². The highest BCUT2D eigenvalue weighted by Crippen LogP contribution is 2.40. The minimum atomic E-state index is -4.55. The van der Waals surface area contributed by atoms with Crippen LogP contribution in [-0.2, 0) is 10.7 Å². The van der Waals surface area contributed by atoms with Gasteiger partial charge in [0.05, 0.1) is 23.7 Å². The van der Waals surface area contributed by atoms with Crippen LogP contribution in [0.1, 0.15) is 25.8 Å². The van der Waals surface area contributed by atoms with Gasteiger partial charge in [-0.05, 0) is 44.9 Å². The summed E-state index contributed by atoms with van der Waals surface area (Å²) in [7, 11) is -1.02. The van der Waals surface area contributed by atoms with Gasteiger partial charge in [-0.1, -0.05) is 6.92 Å². The van der Waals surface area contributed by atoms with E-state index in [2.05, 4.69) is 25.6 Å². The fraction of sp³-hybridized carbons (Fsp3) is 0.400. The predicted octanol–water partition coefficient (Wildman–Crippen LogP) is 5.19. The molecule has 1 aromatic carbocycles. The van der Waals surface area contributed by atoms with Crippen molar-refractivity contribution in [1.82, 2.24) is 15.0 Å². The van der Waals surface area contributed by atoms with Crippen LogP contribution in [0.4, 0.5) is 30.6 Å². The molecule has 0 aliphatic heterocycles. The van der Waals surface area contributed by atoms with Crippen LogP contribution < -0.4 is 20.7 Å². The van der Waals surface area contributed by atoms with E-state index in [1.165, 1.54) is 7.11 Å². The molecule has 2 aromatic heterocycles. The van der Waals surface area contributed by atoms with Gasteiger partial charge in [-0.25, -0.2) is 0 Å². The number of anilines is 3. The normalized spacial score (nSPS) is 13.3. The van der Waals surface area contributed by atoms with Gasteiger partial charge in [-0.2, -0.15) is 23.1 Å². The van der Waals surface area contributed by atoms with E-state index in [1.807, 2.05) is 13.8 Å². The van der Waals surface area contributed by atoms with Crippen molar-refractivity contribution < 1.29 is 22.5 Å². The van der Waals surface area contributed by atoms with E-state index in [1.54, 1.807) is 31.5 Å². The van der Waals surface area contributed by atoms with Crippen LogP contribution in [0, 0.1) is 0 Å². The lowest BCUT2D eigenvalue weighted by Crippen LogP contribution is -2.16. The molecule has 31 heavy (non-hydrogen) atoms. The Kier molecular flexibility index (Phi) is 6.23. The van der Waals surface area contributed by atoms with Crippen LogP contribution in [0.2, 0.25) is 0 Å². The third-order valence-corrected chi connectivity index (χ3v) is 6.41. The van der Waals surface area contributed by atoms with Gasteiger partial charge in [0, 0.05) is 17.5 Å². The summed E-state index contributed by atoms with van der Waals surface area (Å²) < 4.78 is 58.2. The molecule has 7 nitrogen and oxygen atoms in total. The third kappa shape index (κ3) is 4.95. The number of halogens is 3. The number of rotatable bonds is 7. The third-order valence-electron chi connectivity index (χ3n) is 4.89. The maximum absolute atomic E-state index is 13.5. The van der Waals surface area contributed by atoms with Gasteiger partial charge in [-0.15, -0.1) is 0 Å². The van der Waals surface area contributed by atoms with E-state index >= 15 is 0 Å². The van der Waals surface area contributed by atoms with Crippen LogP contribution in [0.3, 0.4) is 0 Å². The van der Waals surface area contributed by atoms with Crippen LogP contribution in [-0.4, -0.2) is 41.4 Å². The second-order valence-corrected chi connectivity index (χ2v) is 10.9. The molecule has 0 saturated carbocycles. The zero-order chi connectivity index (χ0) is 23.0. The maximum Gasteiger partial charge on any atom is 0.418 e. The summed E-state index contributed by atoms with van der Waals surface area (Å²) in [5.74, 6) is 0.595. The lowest BCUT2D eigenvalue weighted by Gasteiger charge is -2.17. The van der Waals surface area contributed by atoms with Crippen molar-refractivity contribution in [3.8, 4) is 5.75 Å². The molecule has 3 rings (SSSR count). The quantitative estimate of drug-likeness (QED) is 0.425. The summed E-state index contributed by atoms with van der Waals surface area (Å²) >= 11 is 0. The van der Waals surface area contributed by atoms with Crippen LogP contribution in [0.15, 0.2) is 24.4 Å². The van der Waals surface area contributed by atoms with E-state index in [-0.39, 0.29) is 28.8 Å². The summed E-state index contributed by atoms with van der Waals surface area (Å²) in [6.07, 6.45) is -2.96. The molecule has 0 aliphatic rings. The first-order valence-electron chi connectivity index (χ1n) is 9.67. The topological polar surface area (TPSA) is 91.9 Å². The van der Waals surface area contributed by atoms with Gasteiger partial charge >= 0.3 is 6.18 Å². The molecule has 0 aliphatic carbocycles. The first kappa shape index (κ1) is 22.9. The monoisotopic (exact) mass is 455 g/mol. The zero-order valence-electron chi connectivity index (χ0n) is 17.9. The lowest BCUT2D eigenvalue weighted by atomic mass is 10.2. The zero-order valence-corrected chi connectivity index (χ0v) is 18.8. The fourth-order valence-electron chi connectivity index (χ4n) is 2.99. The number of hydrogen-bond donors (Lipinski definition) is 3. The number of nitrogens with one attached hydrogen (secondary N) is 3. The molecule has 0 bridgehead atoms. The number of fused-ring (bicyclic) bond motifs is 1. The Morgan fingerprint density at radius 2 is 1.97 bits per heavy atom. The largest absolute Gasteiger partial charge is 0.495 e. The number of aromatic amines is 1. The van der Waals surface area contributed by atoms with E-state index in [4.69, 9.17) is 4.74 Å². The second-order valence-electron chi connectivity index (χ2n) is 7.63. The molecule has 0 spiro atoms. The smallest absolute Gasteiger partial charge is 0.418 e. The molecule has 168 valence electrons. The Morgan fingerprint density at radius 3 is 2.55 bits per heavy atom. The van der Waals surface area contributed by atoms with Gasteiger partial charge in [0.1, 0.15) is 24.4 Å². The van der Waals surface area contributed by atoms with Gasteiger partial charge in [-0.3, -0.25) is 0 Å². The number of ether oxygens (including phenoxy) is 1. The molecule has 0 saturated heterocycles. The number of nitrogens with zero attached hydrogens (tertiary/aromatic N) is 2. The SMILES string of the molecule is CC[C@H](C)Nc1nc(Nc2ccc(P(C)(C)=O)cc2OC)nc2[nH]cc(C(F)(F)F)c12. The Hall–Kier alpha value is -2.74. The van der Waals surface area contributed by atoms with Gasteiger partial charge in [0.2, 0.25) is 5.95 Å². The standard InChI is InChI=1S/C20H25F3N5O2P/c1-6-11(2)25-18-16-13(20(21,22)23)10-24-17(16)27-19(28-18)26-14-8-7-12(31(4,5)29)9-15(14)30-3/h7-11H,6H2,1-5H3,(H3,24,25,26,27,28)/t11-/m0/s1.